The summed E-state index contributed by atoms with van der Waals surface area (Å²) in [5, 5.41) is 13.2. The van der Waals surface area contributed by atoms with Gasteiger partial charge in [-0.15, -0.1) is 11.8 Å². The van der Waals surface area contributed by atoms with Crippen molar-refractivity contribution in [1.82, 2.24) is 4.72 Å². The van der Waals surface area contributed by atoms with E-state index in [1.807, 2.05) is 119 Å². The Bertz CT molecular complexity index is 2780. The molecule has 490 valence electrons. The van der Waals surface area contributed by atoms with Crippen LogP contribution in [0.3, 0.4) is 0 Å². The van der Waals surface area contributed by atoms with Crippen LogP contribution in [0.2, 0.25) is 33.2 Å². The van der Waals surface area contributed by atoms with Crippen molar-refractivity contribution in [2.45, 2.75) is 266 Å². The maximum absolute atomic E-state index is 14.8. The van der Waals surface area contributed by atoms with Gasteiger partial charge in [-0.05, 0) is 88.6 Å². The van der Waals surface area contributed by atoms with E-state index in [0.717, 1.165) is 16.7 Å². The highest BCUT2D eigenvalue weighted by Crippen LogP contribution is 2.47. The molecule has 2 N–H and O–H groups in total. The third kappa shape index (κ3) is 16.5. The number of benzene rings is 4. The highest BCUT2D eigenvalue weighted by Gasteiger charge is 2.61. The van der Waals surface area contributed by atoms with Gasteiger partial charge >= 0.3 is 0 Å². The van der Waals surface area contributed by atoms with E-state index in [2.05, 4.69) is 87.8 Å². The topological polar surface area (TPSA) is 177 Å². The summed E-state index contributed by atoms with van der Waals surface area (Å²) in [4.78, 5) is 0.0396. The first-order chi connectivity index (χ1) is 41.8. The van der Waals surface area contributed by atoms with Gasteiger partial charge in [0.25, 0.3) is 0 Å². The van der Waals surface area contributed by atoms with Crippen LogP contribution in [0.25, 0.3) is 0 Å². The lowest BCUT2D eigenvalue weighted by atomic mass is 9.95. The van der Waals surface area contributed by atoms with Crippen LogP contribution < -0.4 is 4.72 Å². The van der Waals surface area contributed by atoms with Gasteiger partial charge in [0.05, 0.1) is 50.1 Å². The molecule has 4 fully saturated rings. The highest BCUT2D eigenvalue weighted by atomic mass is 32.2. The fraction of sp³-hybridized carbons (Fsp3) is 0.647. The Kier molecular flexibility index (Phi) is 25.2. The van der Waals surface area contributed by atoms with Crippen LogP contribution in [0, 0.1) is 0 Å². The van der Waals surface area contributed by atoms with Crippen molar-refractivity contribution in [3.8, 4) is 0 Å². The van der Waals surface area contributed by atoms with Gasteiger partial charge in [0.15, 0.2) is 35.0 Å². The zero-order valence-electron chi connectivity index (χ0n) is 54.9. The van der Waals surface area contributed by atoms with Gasteiger partial charge in [-0.2, -0.15) is 0 Å². The molecule has 0 bridgehead atoms. The number of rotatable bonds is 30. The van der Waals surface area contributed by atoms with Crippen molar-refractivity contribution >= 4 is 38.4 Å². The highest BCUT2D eigenvalue weighted by molar-refractivity contribution is 7.99. The Morgan fingerprint density at radius 3 is 1.41 bits per heavy atom. The summed E-state index contributed by atoms with van der Waals surface area (Å²) < 4.78 is 119. The van der Waals surface area contributed by atoms with Crippen molar-refractivity contribution in [3.05, 3.63) is 138 Å². The molecule has 0 saturated carbocycles. The number of aliphatic hydroxyl groups excluding tert-OH is 1. The van der Waals surface area contributed by atoms with Crippen LogP contribution >= 0.6 is 11.8 Å². The minimum Gasteiger partial charge on any atom is -0.413 e. The summed E-state index contributed by atoms with van der Waals surface area (Å²) in [7, 11) is -9.38. The largest absolute Gasteiger partial charge is 0.413 e. The maximum atomic E-state index is 14.8. The van der Waals surface area contributed by atoms with E-state index in [9.17, 15) is 13.5 Å². The Balaban J connectivity index is 1.26. The van der Waals surface area contributed by atoms with Crippen LogP contribution in [0.4, 0.5) is 0 Å². The second kappa shape index (κ2) is 31.3. The first-order valence-corrected chi connectivity index (χ1v) is 38.9. The van der Waals surface area contributed by atoms with Gasteiger partial charge in [-0.1, -0.05) is 199 Å². The molecule has 15 atom stereocenters. The standard InChI is InChI=1S/C68H103NO15S2Si2/c1-17-85-67-56(69-86(71,72)53-36-28-21-29-37-53)60(57(70)54(80-67)41-76-87(43(2)3,44(4)5)45(6)7)81-66-64(62-59(83-68(15,16)84-62)55(79-66)42-77-88(46(8)9,47(10)11)48(12)13)82-65-63(75-40-52-34-26-20-27-35-52)61(74-39-51-32-24-19-25-33-51)58(49(14)78-65)73-38-50-30-22-18-23-31-50/h18-37,43-49,54-67,69-70H,17,38-42H2,1-16H3/t49-,54+,55+,56+,57+,58+,59-,60+,61+,62-,63-,64+,65-,66-,67-/m0/s1. The fourth-order valence-corrected chi connectivity index (χ4v) is 27.7. The third-order valence-electron chi connectivity index (χ3n) is 18.4. The second-order valence-corrected chi connectivity index (χ2v) is 40.5. The summed E-state index contributed by atoms with van der Waals surface area (Å²) >= 11 is 1.41. The molecular formula is C68H103NO15S2Si2. The van der Waals surface area contributed by atoms with Crippen molar-refractivity contribution < 1.29 is 69.7 Å². The number of aliphatic hydroxyl groups is 1. The number of fused-ring (bicyclic) bond motifs is 1. The normalized spacial score (nSPS) is 29.6. The quantitative estimate of drug-likeness (QED) is 0.0471. The molecule has 0 aliphatic carbocycles. The molecule has 0 amide bonds. The first-order valence-electron chi connectivity index (χ1n) is 32.1. The second-order valence-electron chi connectivity index (χ2n) is 26.5. The Morgan fingerprint density at radius 1 is 0.534 bits per heavy atom. The Labute approximate surface area is 532 Å². The molecule has 20 heteroatoms. The minimum atomic E-state index is -4.28. The summed E-state index contributed by atoms with van der Waals surface area (Å²) in [5.74, 6) is -0.616. The van der Waals surface area contributed by atoms with E-state index in [1.165, 1.54) is 23.9 Å². The van der Waals surface area contributed by atoms with E-state index in [4.69, 9.17) is 56.2 Å². The van der Waals surface area contributed by atoms with Gasteiger partial charge in [0, 0.05) is 0 Å². The molecule has 4 aromatic carbocycles. The fourth-order valence-electron chi connectivity index (χ4n) is 14.5. The van der Waals surface area contributed by atoms with Crippen LogP contribution in [0.1, 0.15) is 127 Å². The van der Waals surface area contributed by atoms with Gasteiger partial charge in [-0.3, -0.25) is 0 Å². The molecule has 0 aromatic heterocycles. The van der Waals surface area contributed by atoms with E-state index in [0.29, 0.717) is 5.75 Å². The van der Waals surface area contributed by atoms with Gasteiger partial charge in [0.2, 0.25) is 10.0 Å². The Hall–Kier alpha value is -2.95. The lowest BCUT2D eigenvalue weighted by Crippen LogP contribution is -2.68. The molecule has 0 radical (unpaired) electrons. The number of sulfonamides is 1. The first kappa shape index (κ1) is 70.9. The minimum absolute atomic E-state index is 0.0386. The maximum Gasteiger partial charge on any atom is 0.241 e. The summed E-state index contributed by atoms with van der Waals surface area (Å²) in [6.45, 7) is 35.2. The van der Waals surface area contributed by atoms with Gasteiger partial charge < -0.3 is 61.3 Å². The smallest absolute Gasteiger partial charge is 0.241 e. The van der Waals surface area contributed by atoms with Crippen molar-refractivity contribution in [3.63, 3.8) is 0 Å². The molecular weight excluding hydrogens is 1190 g/mol. The van der Waals surface area contributed by atoms with Crippen LogP contribution in [0.5, 0.6) is 0 Å². The average molecular weight is 1290 g/mol. The summed E-state index contributed by atoms with van der Waals surface area (Å²) in [5.41, 5.74) is 3.40. The molecule has 8 rings (SSSR count). The molecule has 4 saturated heterocycles. The zero-order chi connectivity index (χ0) is 63.7. The number of nitrogens with one attached hydrogen (secondary N) is 1. The molecule has 4 aliphatic rings. The molecule has 4 aromatic rings. The molecule has 4 heterocycles. The van der Waals surface area contributed by atoms with E-state index in [1.54, 1.807) is 18.2 Å². The number of hydrogen-bond donors (Lipinski definition) is 2. The monoisotopic (exact) mass is 1290 g/mol. The molecule has 16 nitrogen and oxygen atoms in total. The lowest BCUT2D eigenvalue weighted by molar-refractivity contribution is -0.375. The molecule has 88 heavy (non-hydrogen) atoms. The van der Waals surface area contributed by atoms with Gasteiger partial charge in [-0.25, -0.2) is 13.1 Å². The van der Waals surface area contributed by atoms with Crippen molar-refractivity contribution in [2.75, 3.05) is 19.0 Å². The SMILES string of the molecule is CCS[C@@H]1O[C@H](CO[Si](C(C)C)(C(C)C)C(C)C)[C@@H](O)[C@H](O[C@@H]2O[C@H](CO[Si](C(C)C)(C(C)C)C(C)C)[C@@H]3OC(C)(C)O[C@@H]3[C@H]2O[C@@H]2O[C@@H](C)[C@@H](OCc3ccccc3)[C@@H](OCc3ccccc3)[C@@H]2OCc2ccccc2)[C@H]1NS(=O)(=O)c1ccccc1. The summed E-state index contributed by atoms with van der Waals surface area (Å²) in [6.07, 6.45) is -13.1. The van der Waals surface area contributed by atoms with Gasteiger partial charge in [0.1, 0.15) is 66.5 Å². The summed E-state index contributed by atoms with van der Waals surface area (Å²) in [6, 6.07) is 36.8. The van der Waals surface area contributed by atoms with Crippen molar-refractivity contribution in [2.24, 2.45) is 0 Å². The molecule has 0 unspecified atom stereocenters. The number of hydrogen-bond acceptors (Lipinski definition) is 16. The van der Waals surface area contributed by atoms with E-state index >= 15 is 0 Å². The zero-order valence-corrected chi connectivity index (χ0v) is 58.5. The number of thioether (sulfide) groups is 1. The van der Waals surface area contributed by atoms with Crippen LogP contribution in [0.15, 0.2) is 126 Å². The predicted octanol–water partition coefficient (Wildman–Crippen LogP) is 13.1. The van der Waals surface area contributed by atoms with Crippen LogP contribution in [-0.2, 0) is 86.1 Å². The third-order valence-corrected chi connectivity index (χ3v) is 33.1. The van der Waals surface area contributed by atoms with E-state index in [-0.39, 0.29) is 71.2 Å². The van der Waals surface area contributed by atoms with Crippen LogP contribution in [-0.4, -0.2) is 146 Å². The predicted molar refractivity (Wildman–Crippen MR) is 349 cm³/mol. The number of ether oxygens (including phenoxy) is 10. The molecule has 4 aliphatic heterocycles. The van der Waals surface area contributed by atoms with E-state index < -0.39 is 124 Å². The van der Waals surface area contributed by atoms with Crippen molar-refractivity contribution in [1.29, 1.82) is 0 Å². The lowest BCUT2D eigenvalue weighted by Gasteiger charge is -2.51. The average Bonchev–Trinajstić information content (AvgIpc) is 1.85. The molecule has 0 spiro atoms. The Morgan fingerprint density at radius 2 is 0.943 bits per heavy atom.